The van der Waals surface area contributed by atoms with Gasteiger partial charge in [-0.05, 0) is 17.9 Å². The van der Waals surface area contributed by atoms with E-state index in [2.05, 4.69) is 29.7 Å². The Morgan fingerprint density at radius 1 is 1.03 bits per heavy atom. The van der Waals surface area contributed by atoms with Gasteiger partial charge in [0.1, 0.15) is 23.0 Å². The smallest absolute Gasteiger partial charge is 0.387 e. The number of ether oxygens (including phenoxy) is 1. The summed E-state index contributed by atoms with van der Waals surface area (Å²) >= 11 is 9.19. The summed E-state index contributed by atoms with van der Waals surface area (Å²) in [7, 11) is -17.3. The highest BCUT2D eigenvalue weighted by Gasteiger charge is 2.46. The van der Waals surface area contributed by atoms with Gasteiger partial charge in [0.15, 0.2) is 6.23 Å². The van der Waals surface area contributed by atoms with E-state index >= 15 is 0 Å². The summed E-state index contributed by atoms with van der Waals surface area (Å²) in [6.07, 6.45) is -5.15. The third kappa shape index (κ3) is 8.84. The van der Waals surface area contributed by atoms with Crippen molar-refractivity contribution in [1.29, 1.82) is 0 Å². The van der Waals surface area contributed by atoms with Gasteiger partial charge < -0.3 is 43.9 Å². The lowest BCUT2D eigenvalue weighted by Gasteiger charge is -2.22. The summed E-state index contributed by atoms with van der Waals surface area (Å²) in [5.41, 5.74) is -0.791. The summed E-state index contributed by atoms with van der Waals surface area (Å²) in [6.45, 7) is -5.70. The van der Waals surface area contributed by atoms with Gasteiger partial charge in [0.05, 0.1) is 6.61 Å². The molecule has 0 aromatic carbocycles. The number of H-pyrrole nitrogens is 1. The van der Waals surface area contributed by atoms with Crippen LogP contribution >= 0.6 is 42.4 Å². The van der Waals surface area contributed by atoms with Gasteiger partial charge in [0, 0.05) is 6.20 Å². The van der Waals surface area contributed by atoms with Crippen LogP contribution in [0.15, 0.2) is 17.1 Å². The maximum absolute atomic E-state index is 12.0. The zero-order valence-electron chi connectivity index (χ0n) is 15.5. The van der Waals surface area contributed by atoms with E-state index in [1.54, 1.807) is 0 Å². The van der Waals surface area contributed by atoms with Gasteiger partial charge in [0.25, 0.3) is 0 Å². The first-order valence-electron chi connectivity index (χ1n) is 7.96. The Kier molecular flexibility index (Phi) is 9.31. The summed E-state index contributed by atoms with van der Waals surface area (Å²) in [5, 5.41) is 20.2. The van der Waals surface area contributed by atoms with E-state index in [-0.39, 0.29) is 4.64 Å². The Balaban J connectivity index is 2.04. The van der Waals surface area contributed by atoms with Crippen molar-refractivity contribution in [2.75, 3.05) is 6.61 Å². The SMILES string of the molecule is O=c1[nH]c(=S)ccn1[C@@H]1O[C@H](COP(O)(=S)OP(=O)(O)OP(=O)(O)OP(=O)(O)O)[C@@H](O)[C@H]1O. The van der Waals surface area contributed by atoms with Crippen molar-refractivity contribution >= 4 is 54.2 Å². The second kappa shape index (κ2) is 10.5. The minimum absolute atomic E-state index is 0.0801. The first kappa shape index (κ1) is 29.2. The van der Waals surface area contributed by atoms with Crippen molar-refractivity contribution in [3.8, 4) is 0 Å². The van der Waals surface area contributed by atoms with E-state index in [1.807, 2.05) is 0 Å². The maximum atomic E-state index is 12.0. The molecule has 0 saturated carbocycles. The molecule has 1 aromatic rings. The van der Waals surface area contributed by atoms with Crippen LogP contribution < -0.4 is 5.69 Å². The lowest BCUT2D eigenvalue weighted by atomic mass is 10.1. The van der Waals surface area contributed by atoms with Crippen molar-refractivity contribution in [2.24, 2.45) is 0 Å². The summed E-state index contributed by atoms with van der Waals surface area (Å²) < 4.78 is 55.5. The number of nitrogens with one attached hydrogen (secondary N) is 1. The topological polar surface area (TPSA) is 277 Å². The van der Waals surface area contributed by atoms with E-state index in [0.717, 1.165) is 10.8 Å². The molecule has 8 N–H and O–H groups in total. The van der Waals surface area contributed by atoms with Gasteiger partial charge in [-0.25, -0.2) is 22.8 Å². The molecule has 1 fully saturated rings. The Hall–Kier alpha value is -0.0400. The largest absolute Gasteiger partial charge is 0.490 e. The first-order chi connectivity index (χ1) is 14.8. The monoisotopic (exact) mass is 596 g/mol. The molecule has 0 radical (unpaired) electrons. The average Bonchev–Trinajstić information content (AvgIpc) is 2.84. The van der Waals surface area contributed by atoms with Crippen LogP contribution in [0.4, 0.5) is 0 Å². The molecule has 3 unspecified atom stereocenters. The number of nitrogens with zero attached hydrogens (tertiary/aromatic N) is 1. The molecule has 18 nitrogen and oxygen atoms in total. The van der Waals surface area contributed by atoms with Crippen LogP contribution in [-0.2, 0) is 47.7 Å². The molecule has 24 heteroatoms. The third-order valence-corrected chi connectivity index (χ3v) is 10.1. The van der Waals surface area contributed by atoms with Gasteiger partial charge in [-0.3, -0.25) is 9.55 Å². The van der Waals surface area contributed by atoms with Crippen molar-refractivity contribution < 1.29 is 70.6 Å². The number of phosphoric acid groups is 3. The normalized spacial score (nSPS) is 29.2. The Morgan fingerprint density at radius 3 is 2.15 bits per heavy atom. The second-order valence-electron chi connectivity index (χ2n) is 6.00. The minimum atomic E-state index is -5.87. The third-order valence-electron chi connectivity index (χ3n) is 3.49. The van der Waals surface area contributed by atoms with E-state index in [1.165, 1.54) is 6.07 Å². The van der Waals surface area contributed by atoms with Crippen LogP contribution in [0.1, 0.15) is 6.23 Å². The molecule has 7 atom stereocenters. The summed E-state index contributed by atoms with van der Waals surface area (Å²) in [6, 6.07) is 1.29. The minimum Gasteiger partial charge on any atom is -0.387 e. The zero-order valence-corrected chi connectivity index (χ0v) is 20.7. The van der Waals surface area contributed by atoms with Gasteiger partial charge >= 0.3 is 35.9 Å². The fourth-order valence-corrected chi connectivity index (χ4v) is 7.89. The molecule has 1 saturated heterocycles. The molecular formula is C9H16N2O16P4S2. The maximum Gasteiger partial charge on any atom is 0.490 e. The number of rotatable bonds is 10. The van der Waals surface area contributed by atoms with Crippen LogP contribution in [0.25, 0.3) is 0 Å². The highest BCUT2D eigenvalue weighted by molar-refractivity contribution is 8.08. The fraction of sp³-hybridized carbons (Fsp3) is 0.556. The standard InChI is InChI=1S/C9H16N2O16P4S2/c12-6-4(24-8(7(6)13)11-2-1-5(32)10-9(11)14)3-23-31(22,33)27-30(20,21)26-29(18,19)25-28(15,16)17/h1-2,4,6-8,12-13H,3H2,(H,18,19)(H,20,21)(H,22,33)(H,10,14,32)(H2,15,16,17)/t4-,6-,7-,8-,31?/m1/s1. The van der Waals surface area contributed by atoms with Gasteiger partial charge in [0.2, 0.25) is 0 Å². The lowest BCUT2D eigenvalue weighted by Crippen LogP contribution is -2.36. The predicted molar refractivity (Wildman–Crippen MR) is 109 cm³/mol. The lowest BCUT2D eigenvalue weighted by molar-refractivity contribution is -0.0526. The number of aliphatic hydroxyl groups is 2. The average molecular weight is 596 g/mol. The summed E-state index contributed by atoms with van der Waals surface area (Å²) in [4.78, 5) is 59.5. The molecular weight excluding hydrogens is 580 g/mol. The van der Waals surface area contributed by atoms with Crippen LogP contribution in [-0.4, -0.2) is 69.1 Å². The van der Waals surface area contributed by atoms with E-state index in [0.29, 0.717) is 0 Å². The molecule has 0 amide bonds. The number of aromatic amines is 1. The first-order valence-corrected chi connectivity index (χ1v) is 15.5. The van der Waals surface area contributed by atoms with Crippen LogP contribution in [0, 0.1) is 4.64 Å². The van der Waals surface area contributed by atoms with Crippen LogP contribution in [0.3, 0.4) is 0 Å². The van der Waals surface area contributed by atoms with E-state index in [9.17, 15) is 38.5 Å². The second-order valence-corrected chi connectivity index (χ2v) is 13.8. The van der Waals surface area contributed by atoms with Gasteiger partial charge in [-0.15, -0.1) is 0 Å². The quantitative estimate of drug-likeness (QED) is 0.120. The van der Waals surface area contributed by atoms with Crippen molar-refractivity contribution in [3.05, 3.63) is 27.4 Å². The van der Waals surface area contributed by atoms with Gasteiger partial charge in [-0.1, -0.05) is 12.2 Å². The Bertz CT molecular complexity index is 1180. The number of aliphatic hydroxyl groups excluding tert-OH is 2. The van der Waals surface area contributed by atoms with Crippen LogP contribution in [0.2, 0.25) is 0 Å². The zero-order chi connectivity index (χ0) is 25.4. The number of aromatic nitrogens is 2. The molecule has 0 spiro atoms. The highest BCUT2D eigenvalue weighted by atomic mass is 32.5. The molecule has 1 aromatic heterocycles. The molecule has 0 aliphatic carbocycles. The highest BCUT2D eigenvalue weighted by Crippen LogP contribution is 2.70. The Morgan fingerprint density at radius 2 is 1.61 bits per heavy atom. The van der Waals surface area contributed by atoms with E-state index in [4.69, 9.17) is 36.2 Å². The molecule has 1 aliphatic heterocycles. The molecule has 2 heterocycles. The van der Waals surface area contributed by atoms with Crippen molar-refractivity contribution in [3.63, 3.8) is 0 Å². The summed E-state index contributed by atoms with van der Waals surface area (Å²) in [5.74, 6) is 0. The fourth-order valence-electron chi connectivity index (χ4n) is 2.34. The molecule has 33 heavy (non-hydrogen) atoms. The Labute approximate surface area is 193 Å². The van der Waals surface area contributed by atoms with Crippen molar-refractivity contribution in [2.45, 2.75) is 24.5 Å². The molecule has 0 bridgehead atoms. The molecule has 190 valence electrons. The van der Waals surface area contributed by atoms with E-state index < -0.39 is 67.0 Å². The van der Waals surface area contributed by atoms with Crippen LogP contribution in [0.5, 0.6) is 0 Å². The predicted octanol–water partition coefficient (Wildman–Crippen LogP) is -0.898. The molecule has 2 rings (SSSR count). The van der Waals surface area contributed by atoms with Gasteiger partial charge in [-0.2, -0.15) is 8.62 Å². The molecule has 1 aliphatic rings. The number of hydrogen-bond donors (Lipinski definition) is 8. The van der Waals surface area contributed by atoms with Crippen molar-refractivity contribution in [1.82, 2.24) is 9.55 Å². The number of hydrogen-bond acceptors (Lipinski definition) is 13.